The summed E-state index contributed by atoms with van der Waals surface area (Å²) >= 11 is 1.12. The highest BCUT2D eigenvalue weighted by Crippen LogP contribution is 2.29. The largest absolute Gasteiger partial charge is 0.476 e. The zero-order chi connectivity index (χ0) is 14.8. The van der Waals surface area contributed by atoms with Crippen LogP contribution in [0.15, 0.2) is 29.6 Å². The zero-order valence-electron chi connectivity index (χ0n) is 9.94. The van der Waals surface area contributed by atoms with E-state index in [1.807, 2.05) is 0 Å². The first-order valence-corrected chi connectivity index (χ1v) is 6.33. The van der Waals surface area contributed by atoms with E-state index in [1.165, 1.54) is 17.5 Å². The maximum absolute atomic E-state index is 12.4. The van der Waals surface area contributed by atoms with Crippen LogP contribution in [0.4, 0.5) is 18.3 Å². The Hall–Kier alpha value is -2.09. The van der Waals surface area contributed by atoms with Gasteiger partial charge in [0.1, 0.15) is 0 Å². The highest BCUT2D eigenvalue weighted by molar-refractivity contribution is 7.13. The number of carboxylic acid groups (broad SMARTS) is 1. The fraction of sp³-hybridized carbons (Fsp3) is 0.167. The molecule has 2 aromatic rings. The minimum Gasteiger partial charge on any atom is -0.476 e. The van der Waals surface area contributed by atoms with Gasteiger partial charge >= 0.3 is 12.1 Å². The number of thiazole rings is 1. The lowest BCUT2D eigenvalue weighted by Gasteiger charge is -2.07. The zero-order valence-corrected chi connectivity index (χ0v) is 10.8. The predicted octanol–water partition coefficient (Wildman–Crippen LogP) is 3.47. The maximum atomic E-state index is 12.4. The van der Waals surface area contributed by atoms with E-state index in [0.29, 0.717) is 10.7 Å². The van der Waals surface area contributed by atoms with Gasteiger partial charge in [-0.15, -0.1) is 11.3 Å². The molecule has 0 unspecified atom stereocenters. The van der Waals surface area contributed by atoms with Crippen molar-refractivity contribution in [1.82, 2.24) is 4.98 Å². The number of rotatable bonds is 4. The molecule has 1 aromatic carbocycles. The van der Waals surface area contributed by atoms with Crippen molar-refractivity contribution in [2.24, 2.45) is 0 Å². The number of aromatic nitrogens is 1. The van der Waals surface area contributed by atoms with E-state index >= 15 is 0 Å². The second kappa shape index (κ2) is 5.49. The third-order valence-corrected chi connectivity index (χ3v) is 3.25. The van der Waals surface area contributed by atoms with Crippen molar-refractivity contribution in [3.05, 3.63) is 46.5 Å². The van der Waals surface area contributed by atoms with Crippen LogP contribution in [-0.2, 0) is 12.7 Å². The topological polar surface area (TPSA) is 62.2 Å². The summed E-state index contributed by atoms with van der Waals surface area (Å²) in [5, 5.41) is 13.3. The number of anilines is 1. The lowest BCUT2D eigenvalue weighted by molar-refractivity contribution is -0.137. The number of hydrogen-bond acceptors (Lipinski definition) is 4. The van der Waals surface area contributed by atoms with Gasteiger partial charge in [-0.2, -0.15) is 13.2 Å². The molecule has 0 atom stereocenters. The van der Waals surface area contributed by atoms with Gasteiger partial charge in [-0.05, 0) is 17.7 Å². The number of alkyl halides is 3. The number of aromatic carboxylic acids is 1. The Morgan fingerprint density at radius 1 is 1.30 bits per heavy atom. The molecule has 0 saturated heterocycles. The molecule has 0 saturated carbocycles. The van der Waals surface area contributed by atoms with Crippen LogP contribution in [0, 0.1) is 0 Å². The molecule has 4 nitrogen and oxygen atoms in total. The van der Waals surface area contributed by atoms with Crippen molar-refractivity contribution in [1.29, 1.82) is 0 Å². The van der Waals surface area contributed by atoms with Crippen LogP contribution < -0.4 is 5.32 Å². The Labute approximate surface area is 115 Å². The molecule has 2 rings (SSSR count). The van der Waals surface area contributed by atoms with E-state index in [4.69, 9.17) is 5.11 Å². The van der Waals surface area contributed by atoms with Crippen LogP contribution in [0.1, 0.15) is 21.6 Å². The van der Waals surface area contributed by atoms with Gasteiger partial charge in [0.25, 0.3) is 0 Å². The Balaban J connectivity index is 1.98. The monoisotopic (exact) mass is 302 g/mol. The summed E-state index contributed by atoms with van der Waals surface area (Å²) in [4.78, 5) is 14.4. The quantitative estimate of drug-likeness (QED) is 0.907. The molecule has 0 fully saturated rings. The van der Waals surface area contributed by atoms with E-state index in [2.05, 4.69) is 10.3 Å². The molecule has 1 aromatic heterocycles. The normalized spacial score (nSPS) is 11.3. The molecule has 0 spiro atoms. The minimum atomic E-state index is -4.35. The van der Waals surface area contributed by atoms with Gasteiger partial charge in [-0.3, -0.25) is 0 Å². The van der Waals surface area contributed by atoms with Gasteiger partial charge in [0, 0.05) is 11.9 Å². The minimum absolute atomic E-state index is 0.0649. The van der Waals surface area contributed by atoms with Gasteiger partial charge < -0.3 is 10.4 Å². The molecular weight excluding hydrogens is 293 g/mol. The van der Waals surface area contributed by atoms with E-state index in [1.54, 1.807) is 0 Å². The first-order chi connectivity index (χ1) is 9.36. The van der Waals surface area contributed by atoms with Crippen LogP contribution in [0.2, 0.25) is 0 Å². The summed E-state index contributed by atoms with van der Waals surface area (Å²) in [6.45, 7) is 0.269. The number of benzene rings is 1. The fourth-order valence-corrected chi connectivity index (χ4v) is 2.13. The molecule has 1 heterocycles. The van der Waals surface area contributed by atoms with Crippen LogP contribution in [0.3, 0.4) is 0 Å². The number of carbonyl (C=O) groups is 1. The molecule has 0 aliphatic heterocycles. The SMILES string of the molecule is O=C(O)c1csc(NCc2ccc(C(F)(F)F)cc2)n1. The van der Waals surface area contributed by atoms with Crippen molar-refractivity contribution in [3.63, 3.8) is 0 Å². The lowest BCUT2D eigenvalue weighted by Crippen LogP contribution is -2.05. The first-order valence-electron chi connectivity index (χ1n) is 5.45. The Morgan fingerprint density at radius 3 is 2.45 bits per heavy atom. The van der Waals surface area contributed by atoms with Crippen LogP contribution in [0.5, 0.6) is 0 Å². The molecule has 20 heavy (non-hydrogen) atoms. The molecule has 0 aliphatic carbocycles. The smallest absolute Gasteiger partial charge is 0.416 e. The highest BCUT2D eigenvalue weighted by atomic mass is 32.1. The van der Waals surface area contributed by atoms with Gasteiger partial charge in [0.15, 0.2) is 10.8 Å². The summed E-state index contributed by atoms with van der Waals surface area (Å²) in [7, 11) is 0. The van der Waals surface area contributed by atoms with Crippen LogP contribution >= 0.6 is 11.3 Å². The standard InChI is InChI=1S/C12H9F3N2O2S/c13-12(14,15)8-3-1-7(2-4-8)5-16-11-17-9(6-20-11)10(18)19/h1-4,6H,5H2,(H,16,17)(H,18,19). The summed E-state index contributed by atoms with van der Waals surface area (Å²) in [6, 6.07) is 4.73. The Kier molecular flexibility index (Phi) is 3.93. The molecule has 2 N–H and O–H groups in total. The third-order valence-electron chi connectivity index (χ3n) is 2.45. The molecule has 0 aliphatic rings. The average Bonchev–Trinajstić information content (AvgIpc) is 2.85. The maximum Gasteiger partial charge on any atom is 0.416 e. The van der Waals surface area contributed by atoms with E-state index in [9.17, 15) is 18.0 Å². The number of nitrogens with zero attached hydrogens (tertiary/aromatic N) is 1. The molecule has 8 heteroatoms. The second-order valence-electron chi connectivity index (χ2n) is 3.89. The number of nitrogens with one attached hydrogen (secondary N) is 1. The van der Waals surface area contributed by atoms with Gasteiger partial charge in [0.05, 0.1) is 5.56 Å². The number of halogens is 3. The average molecular weight is 302 g/mol. The van der Waals surface area contributed by atoms with Gasteiger partial charge in [-0.25, -0.2) is 9.78 Å². The van der Waals surface area contributed by atoms with Crippen molar-refractivity contribution in [2.45, 2.75) is 12.7 Å². The molecule has 0 amide bonds. The molecule has 0 bridgehead atoms. The number of carboxylic acids is 1. The van der Waals surface area contributed by atoms with Crippen molar-refractivity contribution >= 4 is 22.4 Å². The fourth-order valence-electron chi connectivity index (χ4n) is 1.44. The Bertz CT molecular complexity index is 608. The van der Waals surface area contributed by atoms with Gasteiger partial charge in [0.2, 0.25) is 0 Å². The van der Waals surface area contributed by atoms with Crippen LogP contribution in [0.25, 0.3) is 0 Å². The van der Waals surface area contributed by atoms with E-state index in [0.717, 1.165) is 23.5 Å². The van der Waals surface area contributed by atoms with E-state index in [-0.39, 0.29) is 12.2 Å². The molecule has 106 valence electrons. The third kappa shape index (κ3) is 3.47. The first kappa shape index (κ1) is 14.3. The van der Waals surface area contributed by atoms with Crippen LogP contribution in [-0.4, -0.2) is 16.1 Å². The van der Waals surface area contributed by atoms with Gasteiger partial charge in [-0.1, -0.05) is 12.1 Å². The summed E-state index contributed by atoms with van der Waals surface area (Å²) in [5.74, 6) is -1.12. The van der Waals surface area contributed by atoms with Crippen molar-refractivity contribution in [3.8, 4) is 0 Å². The summed E-state index contributed by atoms with van der Waals surface area (Å²) in [6.07, 6.45) is -4.35. The number of hydrogen-bond donors (Lipinski definition) is 2. The highest BCUT2D eigenvalue weighted by Gasteiger charge is 2.29. The lowest BCUT2D eigenvalue weighted by atomic mass is 10.1. The second-order valence-corrected chi connectivity index (χ2v) is 4.75. The van der Waals surface area contributed by atoms with Crippen molar-refractivity contribution < 1.29 is 23.1 Å². The molecular formula is C12H9F3N2O2S. The Morgan fingerprint density at radius 2 is 1.95 bits per heavy atom. The predicted molar refractivity (Wildman–Crippen MR) is 67.8 cm³/mol. The summed E-state index contributed by atoms with van der Waals surface area (Å²) < 4.78 is 37.1. The van der Waals surface area contributed by atoms with Crippen molar-refractivity contribution in [2.75, 3.05) is 5.32 Å². The summed E-state index contributed by atoms with van der Waals surface area (Å²) in [5.41, 5.74) is -0.126. The van der Waals surface area contributed by atoms with E-state index < -0.39 is 17.7 Å². The molecule has 0 radical (unpaired) electrons.